The van der Waals surface area contributed by atoms with Gasteiger partial charge in [-0.1, -0.05) is 5.16 Å². The van der Waals surface area contributed by atoms with Gasteiger partial charge in [0.05, 0.1) is 23.8 Å². The van der Waals surface area contributed by atoms with Crippen LogP contribution in [0.5, 0.6) is 6.01 Å². The Morgan fingerprint density at radius 2 is 2.28 bits per heavy atom. The van der Waals surface area contributed by atoms with Crippen LogP contribution < -0.4 is 4.74 Å². The standard InChI is InChI=1S/C17H20N6O2/c1-12-3-4-19-17(20-12)24-10-16-9-22(7-14-5-13(2)25-21-14)8-15-6-18-11-23(15)16/h3-6,11,16H,7-10H2,1-2H3. The molecule has 3 aromatic rings. The SMILES string of the molecule is Cc1ccnc(OCC2CN(Cc3cc(C)on3)Cc3cncn32)n1. The highest BCUT2D eigenvalue weighted by Crippen LogP contribution is 2.23. The zero-order valence-corrected chi connectivity index (χ0v) is 14.3. The molecule has 0 amide bonds. The lowest BCUT2D eigenvalue weighted by Crippen LogP contribution is -2.39. The van der Waals surface area contributed by atoms with Gasteiger partial charge < -0.3 is 13.8 Å². The number of imidazole rings is 1. The molecule has 0 aliphatic carbocycles. The zero-order valence-electron chi connectivity index (χ0n) is 14.3. The maximum Gasteiger partial charge on any atom is 0.316 e. The highest BCUT2D eigenvalue weighted by atomic mass is 16.5. The number of aromatic nitrogens is 5. The van der Waals surface area contributed by atoms with Crippen molar-refractivity contribution in [3.8, 4) is 6.01 Å². The molecule has 4 rings (SSSR count). The van der Waals surface area contributed by atoms with E-state index in [1.807, 2.05) is 38.5 Å². The summed E-state index contributed by atoms with van der Waals surface area (Å²) in [4.78, 5) is 15.1. The molecule has 8 nitrogen and oxygen atoms in total. The Morgan fingerprint density at radius 1 is 1.36 bits per heavy atom. The molecule has 130 valence electrons. The molecular formula is C17H20N6O2. The molecule has 1 unspecified atom stereocenters. The number of rotatable bonds is 5. The fourth-order valence-electron chi connectivity index (χ4n) is 3.10. The van der Waals surface area contributed by atoms with Gasteiger partial charge in [0.25, 0.3) is 0 Å². The topological polar surface area (TPSA) is 82.1 Å². The van der Waals surface area contributed by atoms with Crippen LogP contribution in [-0.2, 0) is 13.1 Å². The second kappa shape index (κ2) is 6.64. The van der Waals surface area contributed by atoms with Gasteiger partial charge in [-0.05, 0) is 19.9 Å². The molecule has 0 saturated carbocycles. The second-order valence-electron chi connectivity index (χ2n) is 6.34. The predicted octanol–water partition coefficient (Wildman–Crippen LogP) is 1.91. The summed E-state index contributed by atoms with van der Waals surface area (Å²) in [6.45, 7) is 6.70. The van der Waals surface area contributed by atoms with Crippen molar-refractivity contribution in [2.24, 2.45) is 0 Å². The molecule has 0 N–H and O–H groups in total. The number of hydrogen-bond donors (Lipinski definition) is 0. The molecule has 1 aliphatic heterocycles. The van der Waals surface area contributed by atoms with Crippen LogP contribution in [0, 0.1) is 13.8 Å². The lowest BCUT2D eigenvalue weighted by atomic mass is 10.2. The third-order valence-corrected chi connectivity index (χ3v) is 4.23. The number of nitrogens with zero attached hydrogens (tertiary/aromatic N) is 6. The summed E-state index contributed by atoms with van der Waals surface area (Å²) in [6.07, 6.45) is 5.47. The van der Waals surface area contributed by atoms with Crippen LogP contribution in [-0.4, -0.2) is 42.7 Å². The maximum absolute atomic E-state index is 5.82. The van der Waals surface area contributed by atoms with Gasteiger partial charge in [-0.2, -0.15) is 0 Å². The molecule has 0 spiro atoms. The summed E-state index contributed by atoms with van der Waals surface area (Å²) >= 11 is 0. The second-order valence-corrected chi connectivity index (χ2v) is 6.34. The van der Waals surface area contributed by atoms with Crippen molar-refractivity contribution in [1.82, 2.24) is 29.6 Å². The minimum Gasteiger partial charge on any atom is -0.461 e. The van der Waals surface area contributed by atoms with Gasteiger partial charge >= 0.3 is 6.01 Å². The average molecular weight is 340 g/mol. The lowest BCUT2D eigenvalue weighted by Gasteiger charge is -2.33. The lowest BCUT2D eigenvalue weighted by molar-refractivity contribution is 0.130. The largest absolute Gasteiger partial charge is 0.461 e. The summed E-state index contributed by atoms with van der Waals surface area (Å²) in [5.74, 6) is 0.827. The van der Waals surface area contributed by atoms with E-state index >= 15 is 0 Å². The Labute approximate surface area is 145 Å². The first-order chi connectivity index (χ1) is 12.2. The van der Waals surface area contributed by atoms with Crippen molar-refractivity contribution in [3.05, 3.63) is 53.7 Å². The van der Waals surface area contributed by atoms with E-state index in [4.69, 9.17) is 9.26 Å². The molecule has 1 aliphatic rings. The molecule has 1 atom stereocenters. The van der Waals surface area contributed by atoms with Crippen molar-refractivity contribution >= 4 is 0 Å². The van der Waals surface area contributed by atoms with Crippen molar-refractivity contribution in [2.75, 3.05) is 13.2 Å². The molecular weight excluding hydrogens is 320 g/mol. The van der Waals surface area contributed by atoms with E-state index in [-0.39, 0.29) is 6.04 Å². The van der Waals surface area contributed by atoms with Crippen LogP contribution in [0.4, 0.5) is 0 Å². The minimum absolute atomic E-state index is 0.142. The van der Waals surface area contributed by atoms with E-state index < -0.39 is 0 Å². The predicted molar refractivity (Wildman–Crippen MR) is 88.9 cm³/mol. The molecule has 25 heavy (non-hydrogen) atoms. The highest BCUT2D eigenvalue weighted by molar-refractivity contribution is 5.08. The van der Waals surface area contributed by atoms with Crippen molar-refractivity contribution < 1.29 is 9.26 Å². The highest BCUT2D eigenvalue weighted by Gasteiger charge is 2.26. The van der Waals surface area contributed by atoms with Gasteiger partial charge in [0, 0.05) is 43.8 Å². The summed E-state index contributed by atoms with van der Waals surface area (Å²) in [5, 5.41) is 4.09. The third kappa shape index (κ3) is 3.53. The van der Waals surface area contributed by atoms with Crippen LogP contribution in [0.25, 0.3) is 0 Å². The molecule has 3 aromatic heterocycles. The summed E-state index contributed by atoms with van der Waals surface area (Å²) in [6, 6.07) is 4.37. The van der Waals surface area contributed by atoms with Gasteiger partial charge in [-0.15, -0.1) is 0 Å². The van der Waals surface area contributed by atoms with Crippen molar-refractivity contribution in [1.29, 1.82) is 0 Å². The van der Waals surface area contributed by atoms with Crippen molar-refractivity contribution in [2.45, 2.75) is 33.0 Å². The van der Waals surface area contributed by atoms with E-state index in [0.717, 1.165) is 42.5 Å². The van der Waals surface area contributed by atoms with Gasteiger partial charge in [-0.3, -0.25) is 4.90 Å². The Kier molecular flexibility index (Phi) is 4.19. The smallest absolute Gasteiger partial charge is 0.316 e. The first-order valence-electron chi connectivity index (χ1n) is 8.25. The fourth-order valence-corrected chi connectivity index (χ4v) is 3.10. The van der Waals surface area contributed by atoms with Crippen LogP contribution in [0.3, 0.4) is 0 Å². The van der Waals surface area contributed by atoms with Gasteiger partial charge in [0.1, 0.15) is 12.4 Å². The van der Waals surface area contributed by atoms with Gasteiger partial charge in [0.15, 0.2) is 0 Å². The van der Waals surface area contributed by atoms with Crippen molar-refractivity contribution in [3.63, 3.8) is 0 Å². The number of hydrogen-bond acceptors (Lipinski definition) is 7. The zero-order chi connectivity index (χ0) is 17.2. The van der Waals surface area contributed by atoms with E-state index in [1.165, 1.54) is 0 Å². The normalized spacial score (nSPS) is 17.4. The van der Waals surface area contributed by atoms with Crippen LogP contribution in [0.2, 0.25) is 0 Å². The molecule has 8 heteroatoms. The third-order valence-electron chi connectivity index (χ3n) is 4.23. The first-order valence-corrected chi connectivity index (χ1v) is 8.25. The van der Waals surface area contributed by atoms with E-state index in [9.17, 15) is 0 Å². The molecule has 0 bridgehead atoms. The summed E-state index contributed by atoms with van der Waals surface area (Å²) in [7, 11) is 0. The summed E-state index contributed by atoms with van der Waals surface area (Å²) in [5.41, 5.74) is 2.98. The molecule has 0 fully saturated rings. The first kappa shape index (κ1) is 15.8. The quantitative estimate of drug-likeness (QED) is 0.701. The Bertz CT molecular complexity index is 858. The molecule has 0 radical (unpaired) electrons. The van der Waals surface area contributed by atoms with Crippen LogP contribution in [0.15, 0.2) is 35.4 Å². The number of ether oxygens (including phenoxy) is 1. The fraction of sp³-hybridized carbons (Fsp3) is 0.412. The average Bonchev–Trinajstić information content (AvgIpc) is 3.21. The summed E-state index contributed by atoms with van der Waals surface area (Å²) < 4.78 is 13.2. The Morgan fingerprint density at radius 3 is 3.08 bits per heavy atom. The van der Waals surface area contributed by atoms with E-state index in [1.54, 1.807) is 6.20 Å². The van der Waals surface area contributed by atoms with Gasteiger partial charge in [-0.25, -0.2) is 15.0 Å². The van der Waals surface area contributed by atoms with E-state index in [0.29, 0.717) is 12.6 Å². The Hall–Kier alpha value is -2.74. The monoisotopic (exact) mass is 340 g/mol. The number of aryl methyl sites for hydroxylation is 2. The van der Waals surface area contributed by atoms with Crippen LogP contribution in [0.1, 0.15) is 28.9 Å². The molecule has 0 saturated heterocycles. The minimum atomic E-state index is 0.142. The molecule has 4 heterocycles. The number of fused-ring (bicyclic) bond motifs is 1. The van der Waals surface area contributed by atoms with Crippen LogP contribution >= 0.6 is 0 Å². The maximum atomic E-state index is 5.82. The van der Waals surface area contributed by atoms with E-state index in [2.05, 4.69) is 29.6 Å². The molecule has 0 aromatic carbocycles. The van der Waals surface area contributed by atoms with Gasteiger partial charge in [0.2, 0.25) is 0 Å². The Balaban J connectivity index is 1.46.